The number of benzene rings is 1. The maximum absolute atomic E-state index is 4.48. The van der Waals surface area contributed by atoms with Gasteiger partial charge in [-0.05, 0) is 44.2 Å². The van der Waals surface area contributed by atoms with Gasteiger partial charge in [0.1, 0.15) is 11.6 Å². The minimum atomic E-state index is 0.374. The van der Waals surface area contributed by atoms with E-state index in [1.807, 2.05) is 19.9 Å². The summed E-state index contributed by atoms with van der Waals surface area (Å²) in [6, 6.07) is 11.1. The molecule has 0 saturated heterocycles. The molecular weight excluding hydrogens is 234 g/mol. The van der Waals surface area contributed by atoms with Crippen molar-refractivity contribution >= 4 is 5.82 Å². The van der Waals surface area contributed by atoms with Gasteiger partial charge < -0.3 is 5.32 Å². The van der Waals surface area contributed by atoms with Crippen molar-refractivity contribution in [3.05, 3.63) is 53.0 Å². The first-order valence-electron chi connectivity index (χ1n) is 6.89. The van der Waals surface area contributed by atoms with Gasteiger partial charge in [-0.3, -0.25) is 0 Å². The summed E-state index contributed by atoms with van der Waals surface area (Å²) in [5.41, 5.74) is 3.90. The molecule has 0 bridgehead atoms. The minimum absolute atomic E-state index is 0.374. The zero-order chi connectivity index (χ0) is 13.2. The molecule has 1 atom stereocenters. The summed E-state index contributed by atoms with van der Waals surface area (Å²) < 4.78 is 0. The maximum atomic E-state index is 4.48. The number of hydrogen-bond donors (Lipinski definition) is 1. The van der Waals surface area contributed by atoms with Crippen LogP contribution in [0, 0.1) is 13.8 Å². The van der Waals surface area contributed by atoms with E-state index in [-0.39, 0.29) is 0 Å². The highest BCUT2D eigenvalue weighted by Gasteiger charge is 2.19. The lowest BCUT2D eigenvalue weighted by Crippen LogP contribution is -2.18. The summed E-state index contributed by atoms with van der Waals surface area (Å²) in [5, 5.41) is 3.57. The Morgan fingerprint density at radius 2 is 2.00 bits per heavy atom. The molecule has 0 saturated carbocycles. The minimum Gasteiger partial charge on any atom is -0.363 e. The second-order valence-corrected chi connectivity index (χ2v) is 5.23. The molecule has 1 heterocycles. The molecule has 1 N–H and O–H groups in total. The van der Waals surface area contributed by atoms with Crippen molar-refractivity contribution in [2.75, 3.05) is 5.32 Å². The molecule has 0 radical (unpaired) electrons. The van der Waals surface area contributed by atoms with Gasteiger partial charge in [-0.15, -0.1) is 0 Å². The molecule has 0 spiro atoms. The smallest absolute Gasteiger partial charge is 0.130 e. The van der Waals surface area contributed by atoms with Crippen LogP contribution in [-0.2, 0) is 6.42 Å². The lowest BCUT2D eigenvalue weighted by Gasteiger charge is -2.26. The first kappa shape index (κ1) is 12.2. The Morgan fingerprint density at radius 3 is 2.84 bits per heavy atom. The molecule has 3 rings (SSSR count). The van der Waals surface area contributed by atoms with Crippen LogP contribution in [-0.4, -0.2) is 9.97 Å². The molecule has 1 aromatic heterocycles. The van der Waals surface area contributed by atoms with E-state index in [4.69, 9.17) is 0 Å². The van der Waals surface area contributed by atoms with Gasteiger partial charge in [0, 0.05) is 11.8 Å². The van der Waals surface area contributed by atoms with E-state index in [2.05, 4.69) is 39.6 Å². The van der Waals surface area contributed by atoms with Crippen LogP contribution < -0.4 is 5.32 Å². The largest absolute Gasteiger partial charge is 0.363 e. The number of anilines is 1. The van der Waals surface area contributed by atoms with E-state index in [0.717, 1.165) is 17.3 Å². The second-order valence-electron chi connectivity index (χ2n) is 5.23. The maximum Gasteiger partial charge on any atom is 0.130 e. The van der Waals surface area contributed by atoms with E-state index in [9.17, 15) is 0 Å². The number of nitrogens with zero attached hydrogens (tertiary/aromatic N) is 2. The van der Waals surface area contributed by atoms with Crippen LogP contribution >= 0.6 is 0 Å². The summed E-state index contributed by atoms with van der Waals surface area (Å²) in [4.78, 5) is 8.80. The van der Waals surface area contributed by atoms with Gasteiger partial charge in [0.25, 0.3) is 0 Å². The quantitative estimate of drug-likeness (QED) is 0.889. The number of rotatable bonds is 2. The van der Waals surface area contributed by atoms with Gasteiger partial charge in [-0.25, -0.2) is 9.97 Å². The highest BCUT2D eigenvalue weighted by atomic mass is 15.0. The molecular formula is C16H19N3. The van der Waals surface area contributed by atoms with Crippen LogP contribution in [0.15, 0.2) is 30.3 Å². The number of hydrogen-bond acceptors (Lipinski definition) is 3. The monoisotopic (exact) mass is 253 g/mol. The lowest BCUT2D eigenvalue weighted by atomic mass is 9.88. The Bertz CT molecular complexity index is 572. The first-order valence-corrected chi connectivity index (χ1v) is 6.89. The molecule has 19 heavy (non-hydrogen) atoms. The van der Waals surface area contributed by atoms with Crippen LogP contribution in [0.5, 0.6) is 0 Å². The van der Waals surface area contributed by atoms with Crippen molar-refractivity contribution in [3.63, 3.8) is 0 Å². The molecule has 1 aliphatic carbocycles. The number of aryl methyl sites for hydroxylation is 3. The molecule has 1 aliphatic rings. The Hall–Kier alpha value is -1.90. The van der Waals surface area contributed by atoms with E-state index in [0.29, 0.717) is 6.04 Å². The zero-order valence-corrected chi connectivity index (χ0v) is 11.5. The fourth-order valence-electron chi connectivity index (χ4n) is 2.87. The zero-order valence-electron chi connectivity index (χ0n) is 11.5. The summed E-state index contributed by atoms with van der Waals surface area (Å²) >= 11 is 0. The topological polar surface area (TPSA) is 37.8 Å². The van der Waals surface area contributed by atoms with Gasteiger partial charge in [0.2, 0.25) is 0 Å². The standard InChI is InChI=1S/C16H19N3/c1-11-10-16(18-12(2)17-11)19-15-9-5-7-13-6-3-4-8-14(13)15/h3-4,6,8,10,15H,5,7,9H2,1-2H3,(H,17,18,19). The molecule has 2 aromatic rings. The summed E-state index contributed by atoms with van der Waals surface area (Å²) in [5.74, 6) is 1.76. The van der Waals surface area contributed by atoms with Gasteiger partial charge >= 0.3 is 0 Å². The average molecular weight is 253 g/mol. The van der Waals surface area contributed by atoms with E-state index >= 15 is 0 Å². The molecule has 0 aliphatic heterocycles. The third kappa shape index (κ3) is 2.60. The number of fused-ring (bicyclic) bond motifs is 1. The predicted octanol–water partition coefficient (Wildman–Crippen LogP) is 3.58. The lowest BCUT2D eigenvalue weighted by molar-refractivity contribution is 0.598. The first-order chi connectivity index (χ1) is 9.22. The Morgan fingerprint density at radius 1 is 1.16 bits per heavy atom. The Balaban J connectivity index is 1.88. The molecule has 0 fully saturated rings. The van der Waals surface area contributed by atoms with Gasteiger partial charge in [-0.1, -0.05) is 24.3 Å². The molecule has 1 unspecified atom stereocenters. The highest BCUT2D eigenvalue weighted by Crippen LogP contribution is 2.31. The van der Waals surface area contributed by atoms with Crippen molar-refractivity contribution in [1.29, 1.82) is 0 Å². The normalized spacial score (nSPS) is 17.9. The second kappa shape index (κ2) is 5.00. The van der Waals surface area contributed by atoms with E-state index in [1.54, 1.807) is 0 Å². The summed E-state index contributed by atoms with van der Waals surface area (Å²) in [6.45, 7) is 3.95. The number of aromatic nitrogens is 2. The van der Waals surface area contributed by atoms with Gasteiger partial charge in [0.15, 0.2) is 0 Å². The molecule has 98 valence electrons. The van der Waals surface area contributed by atoms with Crippen molar-refractivity contribution < 1.29 is 0 Å². The van der Waals surface area contributed by atoms with Crippen LogP contribution in [0.1, 0.15) is 41.5 Å². The molecule has 3 nitrogen and oxygen atoms in total. The predicted molar refractivity (Wildman–Crippen MR) is 77.2 cm³/mol. The van der Waals surface area contributed by atoms with Crippen LogP contribution in [0.3, 0.4) is 0 Å². The Labute approximate surface area is 114 Å². The fourth-order valence-corrected chi connectivity index (χ4v) is 2.87. The SMILES string of the molecule is Cc1cc(NC2CCCc3ccccc32)nc(C)n1. The van der Waals surface area contributed by atoms with Crippen molar-refractivity contribution in [2.24, 2.45) is 0 Å². The van der Waals surface area contributed by atoms with Crippen molar-refractivity contribution in [2.45, 2.75) is 39.2 Å². The van der Waals surface area contributed by atoms with Crippen LogP contribution in [0.2, 0.25) is 0 Å². The van der Waals surface area contributed by atoms with Crippen LogP contribution in [0.4, 0.5) is 5.82 Å². The fraction of sp³-hybridized carbons (Fsp3) is 0.375. The van der Waals surface area contributed by atoms with E-state index in [1.165, 1.54) is 30.4 Å². The third-order valence-corrected chi connectivity index (χ3v) is 3.66. The third-order valence-electron chi connectivity index (χ3n) is 3.66. The number of nitrogens with one attached hydrogen (secondary N) is 1. The van der Waals surface area contributed by atoms with Crippen molar-refractivity contribution in [3.8, 4) is 0 Å². The average Bonchev–Trinajstić information content (AvgIpc) is 2.38. The van der Waals surface area contributed by atoms with Gasteiger partial charge in [-0.2, -0.15) is 0 Å². The molecule has 0 amide bonds. The van der Waals surface area contributed by atoms with Gasteiger partial charge in [0.05, 0.1) is 6.04 Å². The summed E-state index contributed by atoms with van der Waals surface area (Å²) in [7, 11) is 0. The highest BCUT2D eigenvalue weighted by molar-refractivity contribution is 5.42. The van der Waals surface area contributed by atoms with Crippen LogP contribution in [0.25, 0.3) is 0 Å². The van der Waals surface area contributed by atoms with E-state index < -0.39 is 0 Å². The van der Waals surface area contributed by atoms with Crippen molar-refractivity contribution in [1.82, 2.24) is 9.97 Å². The summed E-state index contributed by atoms with van der Waals surface area (Å²) in [6.07, 6.45) is 3.59. The molecule has 3 heteroatoms. The molecule has 1 aromatic carbocycles. The Kier molecular flexibility index (Phi) is 3.20.